The van der Waals surface area contributed by atoms with E-state index in [0.29, 0.717) is 61.1 Å². The van der Waals surface area contributed by atoms with Gasteiger partial charge in [0.1, 0.15) is 42.9 Å². The number of carbonyl (C=O) groups is 1. The van der Waals surface area contributed by atoms with Crippen LogP contribution in [0.15, 0.2) is 43.4 Å². The van der Waals surface area contributed by atoms with Gasteiger partial charge in [-0.25, -0.2) is 14.8 Å². The molecule has 3 heterocycles. The second-order valence-electron chi connectivity index (χ2n) is 17.3. The van der Waals surface area contributed by atoms with E-state index in [2.05, 4.69) is 67.6 Å². The van der Waals surface area contributed by atoms with Crippen LogP contribution < -0.4 is 4.90 Å². The van der Waals surface area contributed by atoms with Crippen LogP contribution in [0.1, 0.15) is 64.9 Å². The lowest BCUT2D eigenvalue weighted by molar-refractivity contribution is 0.0274. The molecule has 1 N–H and O–H groups in total. The van der Waals surface area contributed by atoms with Crippen molar-refractivity contribution in [3.8, 4) is 23.0 Å². The van der Waals surface area contributed by atoms with Crippen molar-refractivity contribution in [1.82, 2.24) is 24.5 Å². The van der Waals surface area contributed by atoms with E-state index in [1.54, 1.807) is 23.5 Å². The zero-order valence-electron chi connectivity index (χ0n) is 36.0. The first-order valence-electron chi connectivity index (χ1n) is 19.6. The summed E-state index contributed by atoms with van der Waals surface area (Å²) >= 11 is 0. The van der Waals surface area contributed by atoms with Crippen LogP contribution >= 0.6 is 0 Å². The molecule has 3 aromatic heterocycles. The molecule has 0 unspecified atom stereocenters. The molecule has 0 aromatic carbocycles. The molecule has 1 amide bonds. The van der Waals surface area contributed by atoms with Crippen molar-refractivity contribution in [3.05, 3.63) is 60.3 Å². The van der Waals surface area contributed by atoms with Gasteiger partial charge in [-0.3, -0.25) is 4.90 Å². The Morgan fingerprint density at radius 3 is 2.21 bits per heavy atom. The molecular formula is C42H66N6O6Si2. The number of ether oxygens (including phenoxy) is 4. The Hall–Kier alpha value is -4.01. The van der Waals surface area contributed by atoms with Gasteiger partial charge in [0, 0.05) is 58.9 Å². The minimum Gasteiger partial charge on any atom is -0.494 e. The average Bonchev–Trinajstić information content (AvgIpc) is 3.53. The molecule has 0 radical (unpaired) electrons. The molecule has 14 heteroatoms. The van der Waals surface area contributed by atoms with Gasteiger partial charge < -0.3 is 29.0 Å². The van der Waals surface area contributed by atoms with Crippen molar-refractivity contribution in [3.63, 3.8) is 0 Å². The number of hydrogen-bond donors (Lipinski definition) is 1. The highest BCUT2D eigenvalue weighted by molar-refractivity contribution is 6.76. The van der Waals surface area contributed by atoms with E-state index in [0.717, 1.165) is 28.9 Å². The number of nitrogens with zero attached hydrogens (tertiary/aromatic N) is 6. The largest absolute Gasteiger partial charge is 0.494 e. The summed E-state index contributed by atoms with van der Waals surface area (Å²) in [6.45, 7) is 31.7. The zero-order chi connectivity index (χ0) is 41.7. The number of amides is 1. The van der Waals surface area contributed by atoms with Gasteiger partial charge in [-0.05, 0) is 84.5 Å². The van der Waals surface area contributed by atoms with Gasteiger partial charge in [0.15, 0.2) is 5.65 Å². The Labute approximate surface area is 337 Å². The average molecular weight is 807 g/mol. The number of pyridine rings is 1. The number of hydrogen-bond acceptors (Lipinski definition) is 10. The van der Waals surface area contributed by atoms with Crippen molar-refractivity contribution in [2.24, 2.45) is 0 Å². The number of anilines is 1. The van der Waals surface area contributed by atoms with Gasteiger partial charge in [0.2, 0.25) is 0 Å². The quantitative estimate of drug-likeness (QED) is 0.0390. The van der Waals surface area contributed by atoms with Crippen LogP contribution in [0.3, 0.4) is 0 Å². The Morgan fingerprint density at radius 2 is 1.70 bits per heavy atom. The second kappa shape index (κ2) is 21.0. The topological polar surface area (TPSA) is 124 Å². The van der Waals surface area contributed by atoms with Crippen LogP contribution in [0, 0.1) is 11.8 Å². The zero-order valence-corrected chi connectivity index (χ0v) is 38.0. The molecule has 3 aromatic rings. The maximum absolute atomic E-state index is 13.3. The first-order chi connectivity index (χ1) is 26.3. The van der Waals surface area contributed by atoms with Gasteiger partial charge in [-0.15, -0.1) is 0 Å². The maximum Gasteiger partial charge on any atom is 0.414 e. The fourth-order valence-electron chi connectivity index (χ4n) is 5.60. The standard InChI is InChI=1S/C42H66N6O6Si2/c1-14-22-47(41(50)54-42(5,6)7)32(3)18-21-37-38(33(4)53-15-2)40(46(30-51-24-26-55(8,9)10)31-52-25-27-56(11,12)13)48-39(45-37)36(29-44-48)34-19-20-35(43-28-34)17-16-23-49/h14,19-20,22,28-29,32,49H,4,15,18,21,23-27,30-31H2,1-3,5-13H3/b22-14-/t32-/m1/s1. The molecule has 0 saturated carbocycles. The first-order valence-corrected chi connectivity index (χ1v) is 27.0. The molecule has 0 fully saturated rings. The first kappa shape index (κ1) is 46.4. The smallest absolute Gasteiger partial charge is 0.414 e. The minimum absolute atomic E-state index is 0.234. The Morgan fingerprint density at radius 1 is 1.05 bits per heavy atom. The number of aromatic nitrogens is 4. The molecule has 0 aliphatic carbocycles. The monoisotopic (exact) mass is 806 g/mol. The fourth-order valence-corrected chi connectivity index (χ4v) is 7.12. The highest BCUT2D eigenvalue weighted by Crippen LogP contribution is 2.35. The Balaban J connectivity index is 2.26. The van der Waals surface area contributed by atoms with Crippen molar-refractivity contribution < 1.29 is 28.8 Å². The molecule has 56 heavy (non-hydrogen) atoms. The number of rotatable bonds is 20. The van der Waals surface area contributed by atoms with E-state index in [9.17, 15) is 9.90 Å². The highest BCUT2D eigenvalue weighted by atomic mass is 28.3. The summed E-state index contributed by atoms with van der Waals surface area (Å²) in [6, 6.07) is 5.54. The Kier molecular flexibility index (Phi) is 17.4. The fraction of sp³-hybridized carbons (Fsp3) is 0.571. The molecule has 0 saturated heterocycles. The number of carbonyl (C=O) groups excluding carboxylic acids is 1. The van der Waals surface area contributed by atoms with Crippen LogP contribution in [0.25, 0.3) is 22.5 Å². The van der Waals surface area contributed by atoms with E-state index in [4.69, 9.17) is 29.0 Å². The normalized spacial score (nSPS) is 12.7. The third kappa shape index (κ3) is 14.5. The van der Waals surface area contributed by atoms with Crippen molar-refractivity contribution >= 4 is 39.5 Å². The van der Waals surface area contributed by atoms with E-state index < -0.39 is 27.8 Å². The number of aliphatic hydroxyl groups is 1. The molecular weight excluding hydrogens is 741 g/mol. The van der Waals surface area contributed by atoms with Gasteiger partial charge in [0.05, 0.1) is 24.1 Å². The summed E-state index contributed by atoms with van der Waals surface area (Å²) in [5.41, 5.74) is 3.52. The van der Waals surface area contributed by atoms with Gasteiger partial charge >= 0.3 is 6.09 Å². The second-order valence-corrected chi connectivity index (χ2v) is 28.5. The van der Waals surface area contributed by atoms with Crippen LogP contribution in [0.2, 0.25) is 51.4 Å². The predicted octanol–water partition coefficient (Wildman–Crippen LogP) is 8.67. The van der Waals surface area contributed by atoms with Crippen LogP contribution in [-0.4, -0.2) is 103 Å². The van der Waals surface area contributed by atoms with Gasteiger partial charge in [-0.2, -0.15) is 9.61 Å². The van der Waals surface area contributed by atoms with Crippen LogP contribution in [-0.2, 0) is 25.4 Å². The summed E-state index contributed by atoms with van der Waals surface area (Å²) in [6.07, 6.45) is 7.73. The third-order valence-corrected chi connectivity index (χ3v) is 12.0. The highest BCUT2D eigenvalue weighted by Gasteiger charge is 2.29. The molecule has 1 atom stereocenters. The molecule has 3 rings (SSSR count). The van der Waals surface area contributed by atoms with Crippen molar-refractivity contribution in [2.45, 2.75) is 117 Å². The minimum atomic E-state index is -1.36. The number of allylic oxidation sites excluding steroid dienone is 1. The molecule has 12 nitrogen and oxygen atoms in total. The lowest BCUT2D eigenvalue weighted by Crippen LogP contribution is -2.39. The van der Waals surface area contributed by atoms with E-state index >= 15 is 0 Å². The molecule has 0 aliphatic heterocycles. The van der Waals surface area contributed by atoms with Crippen molar-refractivity contribution in [1.29, 1.82) is 0 Å². The van der Waals surface area contributed by atoms with Crippen molar-refractivity contribution in [2.75, 3.05) is 44.8 Å². The number of fused-ring (bicyclic) bond motifs is 1. The van der Waals surface area contributed by atoms with E-state index in [1.165, 1.54) is 0 Å². The lowest BCUT2D eigenvalue weighted by Gasteiger charge is -2.31. The maximum atomic E-state index is 13.3. The van der Waals surface area contributed by atoms with Gasteiger partial charge in [0.25, 0.3) is 0 Å². The summed E-state index contributed by atoms with van der Waals surface area (Å²) in [5, 5.41) is 14.1. The van der Waals surface area contributed by atoms with Gasteiger partial charge in [-0.1, -0.05) is 57.9 Å². The summed E-state index contributed by atoms with van der Waals surface area (Å²) < 4.78 is 26.6. The summed E-state index contributed by atoms with van der Waals surface area (Å²) in [4.78, 5) is 26.8. The number of aryl methyl sites for hydroxylation is 1. The Bertz CT molecular complexity index is 1810. The van der Waals surface area contributed by atoms with E-state index in [-0.39, 0.29) is 26.1 Å². The summed E-state index contributed by atoms with van der Waals surface area (Å²) in [5.74, 6) is 6.66. The lowest BCUT2D eigenvalue weighted by atomic mass is 10.0. The summed E-state index contributed by atoms with van der Waals surface area (Å²) in [7, 11) is -2.72. The van der Waals surface area contributed by atoms with Crippen LogP contribution in [0.5, 0.6) is 0 Å². The SMILES string of the molecule is C=C(OCC)c1c(CC[C@@H](C)N(/C=C\C)C(=O)OC(C)(C)C)nc2c(-c3ccc(C#CCO)nc3)cnn2c1N(COCC[Si](C)(C)C)COCC[Si](C)(C)C. The third-order valence-electron chi connectivity index (χ3n) is 8.64. The molecule has 308 valence electrons. The predicted molar refractivity (Wildman–Crippen MR) is 232 cm³/mol. The number of aliphatic hydroxyl groups excluding tert-OH is 1. The molecule has 0 bridgehead atoms. The van der Waals surface area contributed by atoms with E-state index in [1.807, 2.05) is 64.3 Å². The molecule has 0 spiro atoms. The van der Waals surface area contributed by atoms with Crippen LogP contribution in [0.4, 0.5) is 10.6 Å². The molecule has 0 aliphatic rings.